The molecule has 3 rings (SSSR count). The molecule has 6 heteroatoms. The van der Waals surface area contributed by atoms with Gasteiger partial charge in [0.25, 0.3) is 0 Å². The molecule has 0 aliphatic carbocycles. The lowest BCUT2D eigenvalue weighted by molar-refractivity contribution is 0.174. The van der Waals surface area contributed by atoms with Gasteiger partial charge in [0.1, 0.15) is 6.61 Å². The first-order chi connectivity index (χ1) is 8.70. The minimum absolute atomic E-state index is 0.140. The zero-order valence-electron chi connectivity index (χ0n) is 9.79. The summed E-state index contributed by atoms with van der Waals surface area (Å²) in [6.07, 6.45) is -0.454. The Bertz CT molecular complexity index is 607. The number of rotatable bonds is 2. The highest BCUT2D eigenvalue weighted by atomic mass is 16.6. The van der Waals surface area contributed by atoms with Gasteiger partial charge in [0.15, 0.2) is 5.58 Å². The second-order valence-corrected chi connectivity index (χ2v) is 4.23. The van der Waals surface area contributed by atoms with Gasteiger partial charge in [-0.3, -0.25) is 4.90 Å². The molecule has 0 radical (unpaired) electrons. The summed E-state index contributed by atoms with van der Waals surface area (Å²) >= 11 is 0. The maximum absolute atomic E-state index is 11.6. The van der Waals surface area contributed by atoms with Crippen molar-refractivity contribution in [2.75, 3.05) is 18.1 Å². The summed E-state index contributed by atoms with van der Waals surface area (Å²) in [5, 5.41) is 14.0. The van der Waals surface area contributed by atoms with Crippen LogP contribution in [-0.4, -0.2) is 35.6 Å². The molecule has 1 atom stereocenters. The van der Waals surface area contributed by atoms with E-state index in [9.17, 15) is 9.90 Å². The van der Waals surface area contributed by atoms with E-state index in [4.69, 9.17) is 9.26 Å². The normalized spacial score (nSPS) is 19.6. The quantitative estimate of drug-likeness (QED) is 0.870. The first-order valence-corrected chi connectivity index (χ1v) is 5.63. The maximum Gasteiger partial charge on any atom is 0.414 e. The zero-order chi connectivity index (χ0) is 12.7. The van der Waals surface area contributed by atoms with Crippen molar-refractivity contribution in [2.45, 2.75) is 13.0 Å². The second-order valence-electron chi connectivity index (χ2n) is 4.23. The largest absolute Gasteiger partial charge is 0.447 e. The van der Waals surface area contributed by atoms with Crippen molar-refractivity contribution in [3.8, 4) is 0 Å². The number of hydrogen-bond acceptors (Lipinski definition) is 5. The average molecular weight is 248 g/mol. The van der Waals surface area contributed by atoms with Crippen molar-refractivity contribution in [3.05, 3.63) is 23.9 Å². The molecular formula is C12H12N2O4. The van der Waals surface area contributed by atoms with Crippen molar-refractivity contribution in [1.82, 2.24) is 5.16 Å². The Labute approximate surface area is 103 Å². The van der Waals surface area contributed by atoms with Gasteiger partial charge in [0, 0.05) is 11.5 Å². The number of anilines is 1. The third kappa shape index (κ3) is 1.53. The van der Waals surface area contributed by atoms with Crippen LogP contribution in [0.4, 0.5) is 10.5 Å². The Morgan fingerprint density at radius 3 is 3.17 bits per heavy atom. The van der Waals surface area contributed by atoms with Crippen LogP contribution in [0, 0.1) is 6.92 Å². The van der Waals surface area contributed by atoms with E-state index < -0.39 is 6.09 Å². The molecule has 1 aliphatic heterocycles. The highest BCUT2D eigenvalue weighted by Gasteiger charge is 2.33. The van der Waals surface area contributed by atoms with Crippen LogP contribution in [0.15, 0.2) is 22.7 Å². The molecule has 6 nitrogen and oxygen atoms in total. The van der Waals surface area contributed by atoms with Crippen molar-refractivity contribution in [1.29, 1.82) is 0 Å². The summed E-state index contributed by atoms with van der Waals surface area (Å²) in [6.45, 7) is 1.91. The second kappa shape index (κ2) is 3.99. The van der Waals surface area contributed by atoms with Crippen LogP contribution in [0.5, 0.6) is 0 Å². The third-order valence-electron chi connectivity index (χ3n) is 3.09. The number of aryl methyl sites for hydroxylation is 1. The number of carbonyl (C=O) groups excluding carboxylic acids is 1. The maximum atomic E-state index is 11.6. The van der Waals surface area contributed by atoms with E-state index in [1.165, 1.54) is 4.90 Å². The number of fused-ring (bicyclic) bond motifs is 1. The molecule has 0 unspecified atom stereocenters. The lowest BCUT2D eigenvalue weighted by Gasteiger charge is -2.19. The average Bonchev–Trinajstić information content (AvgIpc) is 2.93. The van der Waals surface area contributed by atoms with E-state index in [0.717, 1.165) is 11.1 Å². The summed E-state index contributed by atoms with van der Waals surface area (Å²) in [7, 11) is 0. The number of hydrogen-bond donors (Lipinski definition) is 1. The molecule has 1 N–H and O–H groups in total. The van der Waals surface area contributed by atoms with Crippen molar-refractivity contribution >= 4 is 22.7 Å². The Balaban J connectivity index is 2.05. The summed E-state index contributed by atoms with van der Waals surface area (Å²) in [5.41, 5.74) is 2.06. The Morgan fingerprint density at radius 2 is 2.39 bits per heavy atom. The highest BCUT2D eigenvalue weighted by molar-refractivity contribution is 5.93. The molecule has 94 valence electrons. The fourth-order valence-corrected chi connectivity index (χ4v) is 2.11. The fraction of sp³-hybridized carbons (Fsp3) is 0.333. The first-order valence-electron chi connectivity index (χ1n) is 5.63. The van der Waals surface area contributed by atoms with Gasteiger partial charge < -0.3 is 14.4 Å². The van der Waals surface area contributed by atoms with Gasteiger partial charge in [0.2, 0.25) is 0 Å². The van der Waals surface area contributed by atoms with Gasteiger partial charge in [-0.05, 0) is 19.1 Å². The number of aromatic nitrogens is 1. The standard InChI is InChI=1S/C12H12N2O4/c1-7-10-3-2-8(4-11(10)18-13-7)14-9(5-15)6-17-12(14)16/h2-4,9,15H,5-6H2,1H3/t9-/m1/s1. The van der Waals surface area contributed by atoms with Crippen LogP contribution in [0.1, 0.15) is 5.69 Å². The van der Waals surface area contributed by atoms with Crippen LogP contribution < -0.4 is 4.90 Å². The minimum Gasteiger partial charge on any atom is -0.447 e. The van der Waals surface area contributed by atoms with Gasteiger partial charge >= 0.3 is 6.09 Å². The minimum atomic E-state index is -0.454. The number of amides is 1. The summed E-state index contributed by atoms with van der Waals surface area (Å²) in [5.74, 6) is 0. The highest BCUT2D eigenvalue weighted by Crippen LogP contribution is 2.28. The van der Waals surface area contributed by atoms with Gasteiger partial charge in [0.05, 0.1) is 24.0 Å². The monoisotopic (exact) mass is 248 g/mol. The predicted molar refractivity (Wildman–Crippen MR) is 63.4 cm³/mol. The van der Waals surface area contributed by atoms with Crippen molar-refractivity contribution in [2.24, 2.45) is 0 Å². The molecule has 1 aliphatic rings. The molecule has 2 heterocycles. The lowest BCUT2D eigenvalue weighted by Crippen LogP contribution is -2.35. The Morgan fingerprint density at radius 1 is 1.56 bits per heavy atom. The zero-order valence-corrected chi connectivity index (χ0v) is 9.79. The number of carbonyl (C=O) groups is 1. The molecule has 1 aromatic heterocycles. The van der Waals surface area contributed by atoms with Crippen molar-refractivity contribution < 1.29 is 19.2 Å². The first kappa shape index (κ1) is 11.0. The van der Waals surface area contributed by atoms with Gasteiger partial charge in [-0.2, -0.15) is 0 Å². The molecule has 1 fully saturated rings. The predicted octanol–water partition coefficient (Wildman–Crippen LogP) is 1.45. The summed E-state index contributed by atoms with van der Waals surface area (Å²) in [4.78, 5) is 13.1. The topological polar surface area (TPSA) is 75.8 Å². The SMILES string of the molecule is Cc1noc2cc(N3C(=O)OC[C@H]3CO)ccc12. The molecule has 18 heavy (non-hydrogen) atoms. The van der Waals surface area contributed by atoms with E-state index in [2.05, 4.69) is 5.16 Å². The summed E-state index contributed by atoms with van der Waals surface area (Å²) < 4.78 is 10.1. The Kier molecular flexibility index (Phi) is 2.45. The molecule has 1 aromatic carbocycles. The van der Waals surface area contributed by atoms with Gasteiger partial charge in [-0.1, -0.05) is 5.16 Å². The van der Waals surface area contributed by atoms with E-state index >= 15 is 0 Å². The third-order valence-corrected chi connectivity index (χ3v) is 3.09. The lowest BCUT2D eigenvalue weighted by atomic mass is 10.2. The van der Waals surface area contributed by atoms with Gasteiger partial charge in [-0.15, -0.1) is 0 Å². The number of aliphatic hydroxyl groups excluding tert-OH is 1. The van der Waals surface area contributed by atoms with Crippen LogP contribution in [0.25, 0.3) is 11.0 Å². The molecule has 0 spiro atoms. The number of nitrogens with zero attached hydrogens (tertiary/aromatic N) is 2. The molecule has 2 aromatic rings. The van der Waals surface area contributed by atoms with Crippen molar-refractivity contribution in [3.63, 3.8) is 0 Å². The van der Waals surface area contributed by atoms with Crippen LogP contribution in [-0.2, 0) is 4.74 Å². The van der Waals surface area contributed by atoms with Crippen LogP contribution in [0.2, 0.25) is 0 Å². The van der Waals surface area contributed by atoms with E-state index in [-0.39, 0.29) is 19.3 Å². The fourth-order valence-electron chi connectivity index (χ4n) is 2.11. The van der Waals surface area contributed by atoms with E-state index in [1.54, 1.807) is 12.1 Å². The van der Waals surface area contributed by atoms with Crippen LogP contribution in [0.3, 0.4) is 0 Å². The van der Waals surface area contributed by atoms with E-state index in [0.29, 0.717) is 11.3 Å². The van der Waals surface area contributed by atoms with Gasteiger partial charge in [-0.25, -0.2) is 4.79 Å². The smallest absolute Gasteiger partial charge is 0.414 e. The molecule has 1 saturated heterocycles. The molecule has 0 saturated carbocycles. The Hall–Kier alpha value is -2.08. The van der Waals surface area contributed by atoms with Crippen LogP contribution >= 0.6 is 0 Å². The number of benzene rings is 1. The van der Waals surface area contributed by atoms with E-state index in [1.807, 2.05) is 13.0 Å². The summed E-state index contributed by atoms with van der Waals surface area (Å²) in [6, 6.07) is 5.02. The molecule has 1 amide bonds. The molecule has 0 bridgehead atoms. The number of ether oxygens (including phenoxy) is 1. The molecular weight excluding hydrogens is 236 g/mol. The number of aliphatic hydroxyl groups is 1. The number of cyclic esters (lactones) is 1.